The van der Waals surface area contributed by atoms with Gasteiger partial charge in [0, 0.05) is 0 Å². The molecule has 1 atom stereocenters. The topological polar surface area (TPSA) is 83.6 Å². The number of rotatable bonds is 5. The number of aromatic amines is 1. The molecule has 2 rings (SSSR count). The Hall–Kier alpha value is -2.09. The zero-order valence-corrected chi connectivity index (χ0v) is 11.8. The number of nitrogens with zero attached hydrogens (tertiary/aromatic N) is 3. The third-order valence-electron chi connectivity index (χ3n) is 2.81. The number of H-pyrrole nitrogens is 1. The molecule has 0 aliphatic heterocycles. The van der Waals surface area contributed by atoms with Crippen LogP contribution in [0.1, 0.15) is 42.0 Å². The van der Waals surface area contributed by atoms with Crippen molar-refractivity contribution in [3.8, 4) is 0 Å². The molecule has 21 heavy (non-hydrogen) atoms. The molecule has 0 fully saturated rings. The predicted molar refractivity (Wildman–Crippen MR) is 70.7 cm³/mol. The van der Waals surface area contributed by atoms with Crippen LogP contribution in [0.15, 0.2) is 12.1 Å². The number of carbonyl (C=O) groups is 1. The maximum Gasteiger partial charge on any atom is 0.253 e. The summed E-state index contributed by atoms with van der Waals surface area (Å²) in [7, 11) is 0. The van der Waals surface area contributed by atoms with Gasteiger partial charge in [0.25, 0.3) is 5.91 Å². The fourth-order valence-electron chi connectivity index (χ4n) is 1.80. The van der Waals surface area contributed by atoms with E-state index in [0.29, 0.717) is 12.2 Å². The second-order valence-electron chi connectivity index (χ2n) is 4.33. The monoisotopic (exact) mass is 315 g/mol. The Morgan fingerprint density at radius 3 is 2.76 bits per heavy atom. The maximum atomic E-state index is 13.2. The summed E-state index contributed by atoms with van der Waals surface area (Å²) < 4.78 is 26.2. The number of hydrogen-bond donors (Lipinski definition) is 2. The van der Waals surface area contributed by atoms with E-state index in [1.54, 1.807) is 0 Å². The normalized spacial score (nSPS) is 12.2. The van der Waals surface area contributed by atoms with Crippen molar-refractivity contribution in [2.75, 3.05) is 0 Å². The fraction of sp³-hybridized carbons (Fsp3) is 0.333. The number of amides is 1. The van der Waals surface area contributed by atoms with Crippen molar-refractivity contribution in [3.05, 3.63) is 40.2 Å². The lowest BCUT2D eigenvalue weighted by Crippen LogP contribution is -2.29. The number of halogens is 3. The van der Waals surface area contributed by atoms with Gasteiger partial charge in [0.15, 0.2) is 17.5 Å². The van der Waals surface area contributed by atoms with Crippen LogP contribution in [0.5, 0.6) is 0 Å². The highest BCUT2D eigenvalue weighted by Gasteiger charge is 2.21. The first kappa shape index (κ1) is 15.3. The number of nitrogens with one attached hydrogen (secondary N) is 2. The molecule has 1 aromatic carbocycles. The van der Waals surface area contributed by atoms with Crippen molar-refractivity contribution in [1.82, 2.24) is 25.9 Å². The van der Waals surface area contributed by atoms with Gasteiger partial charge >= 0.3 is 0 Å². The second kappa shape index (κ2) is 6.57. The van der Waals surface area contributed by atoms with Crippen LogP contribution in [0.25, 0.3) is 0 Å². The Morgan fingerprint density at radius 2 is 2.14 bits per heavy atom. The van der Waals surface area contributed by atoms with E-state index in [1.807, 2.05) is 6.92 Å². The summed E-state index contributed by atoms with van der Waals surface area (Å²) in [6.45, 7) is 1.92. The van der Waals surface area contributed by atoms with E-state index in [4.69, 9.17) is 11.6 Å². The minimum absolute atomic E-state index is 0.153. The molecule has 0 spiro atoms. The third-order valence-corrected chi connectivity index (χ3v) is 3.12. The molecule has 2 N–H and O–H groups in total. The van der Waals surface area contributed by atoms with E-state index < -0.39 is 23.6 Å². The van der Waals surface area contributed by atoms with Gasteiger partial charge in [-0.2, -0.15) is 5.21 Å². The van der Waals surface area contributed by atoms with Crippen LogP contribution in [-0.4, -0.2) is 26.5 Å². The Labute approximate surface area is 123 Å². The van der Waals surface area contributed by atoms with Gasteiger partial charge < -0.3 is 5.32 Å². The fourth-order valence-corrected chi connectivity index (χ4v) is 2.04. The summed E-state index contributed by atoms with van der Waals surface area (Å²) >= 11 is 5.76. The van der Waals surface area contributed by atoms with Gasteiger partial charge in [-0.25, -0.2) is 8.78 Å². The smallest absolute Gasteiger partial charge is 0.253 e. The van der Waals surface area contributed by atoms with Crippen molar-refractivity contribution in [2.24, 2.45) is 0 Å². The molecular formula is C12H12ClF2N5O. The minimum Gasteiger partial charge on any atom is -0.342 e. The highest BCUT2D eigenvalue weighted by atomic mass is 35.5. The van der Waals surface area contributed by atoms with Crippen molar-refractivity contribution < 1.29 is 13.6 Å². The summed E-state index contributed by atoms with van der Waals surface area (Å²) in [5, 5.41) is 15.8. The lowest BCUT2D eigenvalue weighted by molar-refractivity contribution is 0.0932. The van der Waals surface area contributed by atoms with Crippen molar-refractivity contribution >= 4 is 17.5 Å². The first-order valence-corrected chi connectivity index (χ1v) is 6.59. The molecule has 0 radical (unpaired) electrons. The highest BCUT2D eigenvalue weighted by Crippen LogP contribution is 2.21. The molecule has 1 heterocycles. The number of carbonyl (C=O) groups excluding carboxylic acids is 1. The summed E-state index contributed by atoms with van der Waals surface area (Å²) in [6, 6.07) is 1.02. The van der Waals surface area contributed by atoms with Gasteiger partial charge in [-0.15, -0.1) is 10.2 Å². The van der Waals surface area contributed by atoms with Gasteiger partial charge in [-0.3, -0.25) is 4.79 Å². The zero-order chi connectivity index (χ0) is 15.4. The summed E-state index contributed by atoms with van der Waals surface area (Å²) in [4.78, 5) is 12.1. The van der Waals surface area contributed by atoms with Crippen LogP contribution in [0.2, 0.25) is 5.02 Å². The quantitative estimate of drug-likeness (QED) is 0.830. The molecule has 1 aromatic heterocycles. The van der Waals surface area contributed by atoms with E-state index in [9.17, 15) is 13.6 Å². The Kier molecular flexibility index (Phi) is 4.79. The molecule has 0 aliphatic carbocycles. The van der Waals surface area contributed by atoms with E-state index >= 15 is 0 Å². The molecule has 9 heteroatoms. The van der Waals surface area contributed by atoms with Crippen molar-refractivity contribution in [3.63, 3.8) is 0 Å². The standard InChI is InChI=1S/C12H12ClF2N5O/c1-2-3-10(11-17-19-20-18-11)16-12(21)6-4-8(14)9(15)5-7(6)13/h4-5,10H,2-3H2,1H3,(H,16,21)(H,17,18,19,20)/t10-/m0/s1. The van der Waals surface area contributed by atoms with Crippen LogP contribution in [0.3, 0.4) is 0 Å². The third kappa shape index (κ3) is 3.52. The minimum atomic E-state index is -1.14. The first-order chi connectivity index (χ1) is 10.0. The highest BCUT2D eigenvalue weighted by molar-refractivity contribution is 6.33. The molecule has 0 bridgehead atoms. The van der Waals surface area contributed by atoms with E-state index in [-0.39, 0.29) is 10.6 Å². The summed E-state index contributed by atoms with van der Waals surface area (Å²) in [5.41, 5.74) is -0.153. The summed E-state index contributed by atoms with van der Waals surface area (Å²) in [5.74, 6) is -2.58. The molecule has 0 saturated heterocycles. The molecule has 2 aromatic rings. The number of hydrogen-bond acceptors (Lipinski definition) is 4. The Balaban J connectivity index is 2.21. The number of tetrazole rings is 1. The van der Waals surface area contributed by atoms with Crippen molar-refractivity contribution in [1.29, 1.82) is 0 Å². The van der Waals surface area contributed by atoms with E-state index in [2.05, 4.69) is 25.9 Å². The van der Waals surface area contributed by atoms with Crippen LogP contribution >= 0.6 is 11.6 Å². The van der Waals surface area contributed by atoms with Crippen LogP contribution in [0, 0.1) is 11.6 Å². The predicted octanol–water partition coefficient (Wildman–Crippen LogP) is 2.40. The van der Waals surface area contributed by atoms with Gasteiger partial charge in [0.2, 0.25) is 0 Å². The van der Waals surface area contributed by atoms with Gasteiger partial charge in [-0.05, 0) is 18.6 Å². The molecule has 1 amide bonds. The molecule has 0 aliphatic rings. The zero-order valence-electron chi connectivity index (χ0n) is 11.0. The first-order valence-electron chi connectivity index (χ1n) is 6.21. The second-order valence-corrected chi connectivity index (χ2v) is 4.74. The maximum absolute atomic E-state index is 13.2. The molecular weight excluding hydrogens is 304 g/mol. The molecule has 6 nitrogen and oxygen atoms in total. The van der Waals surface area contributed by atoms with Crippen LogP contribution in [-0.2, 0) is 0 Å². The molecule has 112 valence electrons. The lowest BCUT2D eigenvalue weighted by Gasteiger charge is -2.15. The van der Waals surface area contributed by atoms with E-state index in [0.717, 1.165) is 18.6 Å². The van der Waals surface area contributed by atoms with Gasteiger partial charge in [0.05, 0.1) is 16.6 Å². The average Bonchev–Trinajstić information content (AvgIpc) is 2.96. The van der Waals surface area contributed by atoms with Crippen LogP contribution in [0.4, 0.5) is 8.78 Å². The van der Waals surface area contributed by atoms with Gasteiger partial charge in [0.1, 0.15) is 0 Å². The lowest BCUT2D eigenvalue weighted by atomic mass is 10.1. The van der Waals surface area contributed by atoms with Gasteiger partial charge in [-0.1, -0.05) is 30.2 Å². The number of benzene rings is 1. The molecule has 0 unspecified atom stereocenters. The summed E-state index contributed by atoms with van der Waals surface area (Å²) in [6.07, 6.45) is 1.32. The Bertz CT molecular complexity index is 635. The van der Waals surface area contributed by atoms with Crippen LogP contribution < -0.4 is 5.32 Å². The Morgan fingerprint density at radius 1 is 1.43 bits per heavy atom. The molecule has 0 saturated carbocycles. The number of aromatic nitrogens is 4. The average molecular weight is 316 g/mol. The van der Waals surface area contributed by atoms with E-state index in [1.165, 1.54) is 0 Å². The van der Waals surface area contributed by atoms with Crippen molar-refractivity contribution in [2.45, 2.75) is 25.8 Å². The largest absolute Gasteiger partial charge is 0.342 e. The SMILES string of the molecule is CCC[C@H](NC(=O)c1cc(F)c(F)cc1Cl)c1nn[nH]n1.